The van der Waals surface area contributed by atoms with Crippen LogP contribution in [0.2, 0.25) is 5.02 Å². The topological polar surface area (TPSA) is 17.1 Å². The fourth-order valence-corrected chi connectivity index (χ4v) is 2.81. The summed E-state index contributed by atoms with van der Waals surface area (Å²) < 4.78 is 0. The van der Waals surface area contributed by atoms with Gasteiger partial charge in [-0.15, -0.1) is 0 Å². The van der Waals surface area contributed by atoms with E-state index in [-0.39, 0.29) is 5.92 Å². The van der Waals surface area contributed by atoms with E-state index in [9.17, 15) is 4.79 Å². The second-order valence-electron chi connectivity index (χ2n) is 4.97. The Hall–Kier alpha value is -0.820. The van der Waals surface area contributed by atoms with Crippen LogP contribution < -0.4 is 0 Å². The molecule has 1 aromatic rings. The summed E-state index contributed by atoms with van der Waals surface area (Å²) in [7, 11) is 0. The molecule has 2 rings (SSSR count). The van der Waals surface area contributed by atoms with Crippen molar-refractivity contribution in [3.8, 4) is 0 Å². The fraction of sp³-hybridized carbons (Fsp3) is 0.533. The van der Waals surface area contributed by atoms with Crippen LogP contribution >= 0.6 is 11.6 Å². The molecule has 17 heavy (non-hydrogen) atoms. The van der Waals surface area contributed by atoms with Crippen LogP contribution in [0.4, 0.5) is 0 Å². The third kappa shape index (κ3) is 2.90. The molecule has 0 amide bonds. The molecule has 0 unspecified atom stereocenters. The standard InChI is InChI=1S/C15H19ClO/c1-11-13(9-6-10-14(11)16)15(17)12-7-4-2-3-5-8-12/h6,9-10,12H,2-5,7-8H2,1H3. The average Bonchev–Trinajstić information content (AvgIpc) is 2.60. The summed E-state index contributed by atoms with van der Waals surface area (Å²) in [6, 6.07) is 5.63. The van der Waals surface area contributed by atoms with Crippen LogP contribution in [-0.2, 0) is 0 Å². The highest BCUT2D eigenvalue weighted by molar-refractivity contribution is 6.31. The molecule has 92 valence electrons. The Balaban J connectivity index is 2.20. The molecule has 0 heterocycles. The Bertz CT molecular complexity index is 403. The average molecular weight is 251 g/mol. The number of hydrogen-bond acceptors (Lipinski definition) is 1. The van der Waals surface area contributed by atoms with Gasteiger partial charge in [0.05, 0.1) is 0 Å². The van der Waals surface area contributed by atoms with Gasteiger partial charge in [-0.1, -0.05) is 49.4 Å². The van der Waals surface area contributed by atoms with E-state index in [2.05, 4.69) is 0 Å². The lowest BCUT2D eigenvalue weighted by Crippen LogP contribution is -2.15. The zero-order valence-electron chi connectivity index (χ0n) is 10.3. The lowest BCUT2D eigenvalue weighted by Gasteiger charge is -2.14. The molecule has 1 nitrogen and oxygen atoms in total. The van der Waals surface area contributed by atoms with Gasteiger partial charge in [-0.25, -0.2) is 0 Å². The fourth-order valence-electron chi connectivity index (χ4n) is 2.64. The van der Waals surface area contributed by atoms with Gasteiger partial charge >= 0.3 is 0 Å². The lowest BCUT2D eigenvalue weighted by molar-refractivity contribution is 0.0907. The number of ketones is 1. The Labute approximate surface area is 108 Å². The molecule has 0 saturated heterocycles. The monoisotopic (exact) mass is 250 g/mol. The predicted octanol–water partition coefficient (Wildman–Crippen LogP) is 4.80. The van der Waals surface area contributed by atoms with Gasteiger partial charge in [0.1, 0.15) is 0 Å². The van der Waals surface area contributed by atoms with Gasteiger partial charge in [-0.2, -0.15) is 0 Å². The van der Waals surface area contributed by atoms with Crippen molar-refractivity contribution in [2.45, 2.75) is 45.4 Å². The van der Waals surface area contributed by atoms with E-state index in [0.29, 0.717) is 10.8 Å². The van der Waals surface area contributed by atoms with Gasteiger partial charge in [0.15, 0.2) is 5.78 Å². The zero-order chi connectivity index (χ0) is 12.3. The molecular formula is C15H19ClO. The summed E-state index contributed by atoms with van der Waals surface area (Å²) in [4.78, 5) is 12.5. The Morgan fingerprint density at radius 2 is 1.82 bits per heavy atom. The van der Waals surface area contributed by atoms with Gasteiger partial charge in [0.2, 0.25) is 0 Å². The van der Waals surface area contributed by atoms with Crippen molar-refractivity contribution >= 4 is 17.4 Å². The molecule has 0 bridgehead atoms. The van der Waals surface area contributed by atoms with Crippen LogP contribution in [0.5, 0.6) is 0 Å². The Kier molecular flexibility index (Phi) is 4.22. The maximum absolute atomic E-state index is 12.5. The minimum atomic E-state index is 0.217. The van der Waals surface area contributed by atoms with Crippen LogP contribution in [0, 0.1) is 12.8 Å². The number of Topliss-reactive ketones (excluding diaryl/α,β-unsaturated/α-hetero) is 1. The number of halogens is 1. The van der Waals surface area contributed by atoms with Crippen LogP contribution in [0.25, 0.3) is 0 Å². The van der Waals surface area contributed by atoms with Gasteiger partial charge in [-0.3, -0.25) is 4.79 Å². The van der Waals surface area contributed by atoms with Crippen LogP contribution in [0.1, 0.15) is 54.4 Å². The first kappa shape index (κ1) is 12.6. The SMILES string of the molecule is Cc1c(Cl)cccc1C(=O)C1CCCCCC1. The van der Waals surface area contributed by atoms with Crippen molar-refractivity contribution in [3.05, 3.63) is 34.3 Å². The third-order valence-electron chi connectivity index (χ3n) is 3.76. The third-order valence-corrected chi connectivity index (χ3v) is 4.17. The molecule has 0 spiro atoms. The quantitative estimate of drug-likeness (QED) is 0.544. The van der Waals surface area contributed by atoms with E-state index in [1.165, 1.54) is 25.7 Å². The normalized spacial score (nSPS) is 17.8. The van der Waals surface area contributed by atoms with E-state index < -0.39 is 0 Å². The summed E-state index contributed by atoms with van der Waals surface area (Å²) >= 11 is 6.08. The summed E-state index contributed by atoms with van der Waals surface area (Å²) in [5.74, 6) is 0.515. The Morgan fingerprint density at radius 3 is 2.47 bits per heavy atom. The van der Waals surface area contributed by atoms with Gasteiger partial charge in [-0.05, 0) is 31.4 Å². The van der Waals surface area contributed by atoms with E-state index in [1.807, 2.05) is 25.1 Å². The smallest absolute Gasteiger partial charge is 0.166 e. The predicted molar refractivity (Wildman–Crippen MR) is 71.7 cm³/mol. The molecular weight excluding hydrogens is 232 g/mol. The van der Waals surface area contributed by atoms with Crippen molar-refractivity contribution < 1.29 is 4.79 Å². The molecule has 0 aromatic heterocycles. The van der Waals surface area contributed by atoms with Crippen molar-refractivity contribution in [1.29, 1.82) is 0 Å². The maximum Gasteiger partial charge on any atom is 0.166 e. The second-order valence-corrected chi connectivity index (χ2v) is 5.37. The first-order valence-electron chi connectivity index (χ1n) is 6.49. The van der Waals surface area contributed by atoms with Crippen molar-refractivity contribution in [1.82, 2.24) is 0 Å². The molecule has 1 aromatic carbocycles. The molecule has 1 aliphatic rings. The van der Waals surface area contributed by atoms with Gasteiger partial charge < -0.3 is 0 Å². The number of rotatable bonds is 2. The summed E-state index contributed by atoms with van der Waals surface area (Å²) in [5.41, 5.74) is 1.76. The van der Waals surface area contributed by atoms with E-state index in [4.69, 9.17) is 11.6 Å². The summed E-state index contributed by atoms with van der Waals surface area (Å²) in [5, 5.41) is 0.699. The first-order valence-corrected chi connectivity index (χ1v) is 6.87. The van der Waals surface area contributed by atoms with E-state index in [1.54, 1.807) is 0 Å². The highest BCUT2D eigenvalue weighted by Crippen LogP contribution is 2.28. The van der Waals surface area contributed by atoms with Crippen LogP contribution in [0.15, 0.2) is 18.2 Å². The maximum atomic E-state index is 12.5. The zero-order valence-corrected chi connectivity index (χ0v) is 11.1. The number of carbonyl (C=O) groups is 1. The van der Waals surface area contributed by atoms with E-state index >= 15 is 0 Å². The minimum absolute atomic E-state index is 0.217. The number of benzene rings is 1. The first-order chi connectivity index (χ1) is 8.20. The van der Waals surface area contributed by atoms with Crippen molar-refractivity contribution in [2.24, 2.45) is 5.92 Å². The van der Waals surface area contributed by atoms with Gasteiger partial charge in [0.25, 0.3) is 0 Å². The largest absolute Gasteiger partial charge is 0.294 e. The highest BCUT2D eigenvalue weighted by atomic mass is 35.5. The summed E-state index contributed by atoms with van der Waals surface area (Å²) in [6.45, 7) is 1.94. The summed E-state index contributed by atoms with van der Waals surface area (Å²) in [6.07, 6.45) is 7.03. The molecule has 0 radical (unpaired) electrons. The minimum Gasteiger partial charge on any atom is -0.294 e. The van der Waals surface area contributed by atoms with Gasteiger partial charge in [0, 0.05) is 16.5 Å². The van der Waals surface area contributed by atoms with Crippen molar-refractivity contribution in [3.63, 3.8) is 0 Å². The molecule has 0 aliphatic heterocycles. The van der Waals surface area contributed by atoms with E-state index in [0.717, 1.165) is 24.0 Å². The second kappa shape index (κ2) is 5.68. The molecule has 2 heteroatoms. The van der Waals surface area contributed by atoms with Crippen LogP contribution in [0.3, 0.4) is 0 Å². The number of carbonyl (C=O) groups excluding carboxylic acids is 1. The molecule has 1 fully saturated rings. The van der Waals surface area contributed by atoms with Crippen LogP contribution in [-0.4, -0.2) is 5.78 Å². The molecule has 0 atom stereocenters. The molecule has 0 N–H and O–H groups in total. The lowest BCUT2D eigenvalue weighted by atomic mass is 9.89. The molecule has 1 saturated carbocycles. The number of hydrogen-bond donors (Lipinski definition) is 0. The Morgan fingerprint density at radius 1 is 1.18 bits per heavy atom. The highest BCUT2D eigenvalue weighted by Gasteiger charge is 2.22. The molecule has 1 aliphatic carbocycles. The van der Waals surface area contributed by atoms with Crippen molar-refractivity contribution in [2.75, 3.05) is 0 Å².